The summed E-state index contributed by atoms with van der Waals surface area (Å²) < 4.78 is 4.51. The van der Waals surface area contributed by atoms with Crippen LogP contribution in [0.3, 0.4) is 0 Å². The Morgan fingerprint density at radius 2 is 2.23 bits per heavy atom. The average Bonchev–Trinajstić information content (AvgIpc) is 2.17. The van der Waals surface area contributed by atoms with Gasteiger partial charge in [-0.15, -0.1) is 0 Å². The first-order valence-electron chi connectivity index (χ1n) is 4.21. The highest BCUT2D eigenvalue weighted by Crippen LogP contribution is 2.16. The summed E-state index contributed by atoms with van der Waals surface area (Å²) in [4.78, 5) is 23.1. The fraction of sp³-hybridized carbons (Fsp3) is 0.750. The summed E-state index contributed by atoms with van der Waals surface area (Å²) in [6, 6.07) is 0. The van der Waals surface area contributed by atoms with Crippen LogP contribution in [0, 0.1) is 5.92 Å². The van der Waals surface area contributed by atoms with E-state index < -0.39 is 18.0 Å². The molecule has 1 N–H and O–H groups in total. The zero-order valence-electron chi connectivity index (χ0n) is 7.52. The summed E-state index contributed by atoms with van der Waals surface area (Å²) in [6.07, 6.45) is 0.931. The van der Waals surface area contributed by atoms with Gasteiger partial charge in [0.05, 0.1) is 13.0 Å². The van der Waals surface area contributed by atoms with Crippen molar-refractivity contribution in [2.24, 2.45) is 5.92 Å². The maximum absolute atomic E-state index is 11.0. The molecule has 74 valence electrons. The molecule has 1 rings (SSSR count). The molecule has 1 aliphatic heterocycles. The van der Waals surface area contributed by atoms with Crippen LogP contribution in [0.5, 0.6) is 0 Å². The van der Waals surface area contributed by atoms with Gasteiger partial charge in [-0.3, -0.25) is 4.79 Å². The normalized spacial score (nSPS) is 22.5. The number of carbonyl (C=O) groups is 2. The van der Waals surface area contributed by atoms with Crippen LogP contribution >= 0.6 is 0 Å². The second kappa shape index (κ2) is 4.11. The number of rotatable bonds is 1. The summed E-state index contributed by atoms with van der Waals surface area (Å²) in [7, 11) is 1.30. The third kappa shape index (κ3) is 2.34. The quantitative estimate of drug-likeness (QED) is 0.651. The van der Waals surface area contributed by atoms with Crippen LogP contribution < -0.4 is 0 Å². The second-order valence-electron chi connectivity index (χ2n) is 3.09. The molecule has 0 aliphatic carbocycles. The van der Waals surface area contributed by atoms with Crippen molar-refractivity contribution >= 4 is 12.1 Å². The molecule has 0 radical (unpaired) electrons. The second-order valence-corrected chi connectivity index (χ2v) is 3.09. The minimum absolute atomic E-state index is 0.266. The van der Waals surface area contributed by atoms with Crippen molar-refractivity contribution in [2.75, 3.05) is 20.2 Å². The third-order valence-corrected chi connectivity index (χ3v) is 2.20. The third-order valence-electron chi connectivity index (χ3n) is 2.20. The number of methoxy groups -OCH3 is 1. The Bertz CT molecular complexity index is 216. The minimum Gasteiger partial charge on any atom is -0.481 e. The molecule has 1 saturated heterocycles. The number of carboxylic acids is 1. The average molecular weight is 187 g/mol. The van der Waals surface area contributed by atoms with E-state index in [2.05, 4.69) is 4.74 Å². The Kier molecular flexibility index (Phi) is 3.11. The SMILES string of the molecule is COC(=O)N1CCC[C@H](C(=O)O)C1. The molecule has 0 unspecified atom stereocenters. The summed E-state index contributed by atoms with van der Waals surface area (Å²) >= 11 is 0. The number of piperidine rings is 1. The van der Waals surface area contributed by atoms with Crippen LogP contribution in [0.1, 0.15) is 12.8 Å². The molecule has 0 saturated carbocycles. The van der Waals surface area contributed by atoms with Crippen molar-refractivity contribution in [1.82, 2.24) is 4.90 Å². The molecule has 1 atom stereocenters. The fourth-order valence-electron chi connectivity index (χ4n) is 1.47. The molecular formula is C8H13NO4. The predicted octanol–water partition coefficient (Wildman–Crippen LogP) is 0.549. The van der Waals surface area contributed by atoms with Crippen LogP contribution in [0.15, 0.2) is 0 Å². The smallest absolute Gasteiger partial charge is 0.409 e. The van der Waals surface area contributed by atoms with E-state index >= 15 is 0 Å². The molecule has 0 aromatic rings. The van der Waals surface area contributed by atoms with Crippen LogP contribution in [-0.2, 0) is 9.53 Å². The molecule has 1 heterocycles. The molecule has 5 heteroatoms. The number of likely N-dealkylation sites (tertiary alicyclic amines) is 1. The Morgan fingerprint density at radius 3 is 2.77 bits per heavy atom. The van der Waals surface area contributed by atoms with Gasteiger partial charge in [0.1, 0.15) is 0 Å². The van der Waals surface area contributed by atoms with Gasteiger partial charge in [0.2, 0.25) is 0 Å². The molecule has 0 aromatic heterocycles. The summed E-state index contributed by atoms with van der Waals surface area (Å²) in [6.45, 7) is 0.860. The molecule has 1 amide bonds. The van der Waals surface area contributed by atoms with E-state index in [1.54, 1.807) is 0 Å². The molecule has 1 fully saturated rings. The first-order chi connectivity index (χ1) is 6.15. The fourth-order valence-corrected chi connectivity index (χ4v) is 1.47. The van der Waals surface area contributed by atoms with Crippen molar-refractivity contribution in [3.63, 3.8) is 0 Å². The lowest BCUT2D eigenvalue weighted by Crippen LogP contribution is -2.42. The van der Waals surface area contributed by atoms with Crippen LogP contribution in [0.4, 0.5) is 4.79 Å². The first kappa shape index (κ1) is 9.83. The zero-order valence-corrected chi connectivity index (χ0v) is 7.52. The summed E-state index contributed by atoms with van der Waals surface area (Å²) in [5.74, 6) is -1.28. The lowest BCUT2D eigenvalue weighted by Gasteiger charge is -2.29. The summed E-state index contributed by atoms with van der Waals surface area (Å²) in [5.41, 5.74) is 0. The van der Waals surface area contributed by atoms with Gasteiger partial charge in [-0.1, -0.05) is 0 Å². The number of carboxylic acid groups (broad SMARTS) is 1. The number of hydrogen-bond acceptors (Lipinski definition) is 3. The number of carbonyl (C=O) groups excluding carboxylic acids is 1. The topological polar surface area (TPSA) is 66.8 Å². The lowest BCUT2D eigenvalue weighted by atomic mass is 9.99. The lowest BCUT2D eigenvalue weighted by molar-refractivity contribution is -0.143. The van der Waals surface area contributed by atoms with Crippen molar-refractivity contribution in [3.8, 4) is 0 Å². The Morgan fingerprint density at radius 1 is 1.54 bits per heavy atom. The number of hydrogen-bond donors (Lipinski definition) is 1. The molecular weight excluding hydrogens is 174 g/mol. The van der Waals surface area contributed by atoms with Gasteiger partial charge in [-0.25, -0.2) is 4.79 Å². The zero-order chi connectivity index (χ0) is 9.84. The van der Waals surface area contributed by atoms with Gasteiger partial charge in [0.25, 0.3) is 0 Å². The van der Waals surface area contributed by atoms with Crippen molar-refractivity contribution in [3.05, 3.63) is 0 Å². The van der Waals surface area contributed by atoms with Gasteiger partial charge in [-0.05, 0) is 12.8 Å². The van der Waals surface area contributed by atoms with Crippen LogP contribution in [-0.4, -0.2) is 42.3 Å². The van der Waals surface area contributed by atoms with Crippen molar-refractivity contribution < 1.29 is 19.4 Å². The standard InChI is InChI=1S/C8H13NO4/c1-13-8(12)9-4-2-3-6(5-9)7(10)11/h6H,2-5H2,1H3,(H,10,11)/t6-/m0/s1. The number of amides is 1. The highest BCUT2D eigenvalue weighted by Gasteiger charge is 2.28. The van der Waals surface area contributed by atoms with Crippen molar-refractivity contribution in [1.29, 1.82) is 0 Å². The maximum Gasteiger partial charge on any atom is 0.409 e. The molecule has 0 spiro atoms. The van der Waals surface area contributed by atoms with E-state index in [9.17, 15) is 9.59 Å². The van der Waals surface area contributed by atoms with E-state index in [4.69, 9.17) is 5.11 Å². The van der Waals surface area contributed by atoms with E-state index in [1.807, 2.05) is 0 Å². The highest BCUT2D eigenvalue weighted by atomic mass is 16.5. The Hall–Kier alpha value is -1.26. The molecule has 13 heavy (non-hydrogen) atoms. The summed E-state index contributed by atoms with van der Waals surface area (Å²) in [5, 5.41) is 8.73. The predicted molar refractivity (Wildman–Crippen MR) is 44.3 cm³/mol. The van der Waals surface area contributed by atoms with Crippen LogP contribution in [0.2, 0.25) is 0 Å². The Balaban J connectivity index is 2.51. The van der Waals surface area contributed by atoms with Gasteiger partial charge in [0.15, 0.2) is 0 Å². The van der Waals surface area contributed by atoms with Gasteiger partial charge < -0.3 is 14.7 Å². The molecule has 0 aromatic carbocycles. The Labute approximate surface area is 76.3 Å². The molecule has 5 nitrogen and oxygen atoms in total. The van der Waals surface area contributed by atoms with E-state index in [1.165, 1.54) is 12.0 Å². The maximum atomic E-state index is 11.0. The van der Waals surface area contributed by atoms with Gasteiger partial charge in [0, 0.05) is 13.1 Å². The monoisotopic (exact) mass is 187 g/mol. The number of aliphatic carboxylic acids is 1. The minimum atomic E-state index is -0.839. The van der Waals surface area contributed by atoms with Gasteiger partial charge in [-0.2, -0.15) is 0 Å². The first-order valence-corrected chi connectivity index (χ1v) is 4.21. The number of ether oxygens (including phenoxy) is 1. The van der Waals surface area contributed by atoms with E-state index in [0.717, 1.165) is 6.42 Å². The van der Waals surface area contributed by atoms with Crippen molar-refractivity contribution in [2.45, 2.75) is 12.8 Å². The van der Waals surface area contributed by atoms with E-state index in [-0.39, 0.29) is 6.54 Å². The van der Waals surface area contributed by atoms with Gasteiger partial charge >= 0.3 is 12.1 Å². The molecule has 0 bridgehead atoms. The highest BCUT2D eigenvalue weighted by molar-refractivity contribution is 5.73. The van der Waals surface area contributed by atoms with E-state index in [0.29, 0.717) is 13.0 Å². The molecule has 1 aliphatic rings. The largest absolute Gasteiger partial charge is 0.481 e. The number of nitrogens with zero attached hydrogens (tertiary/aromatic N) is 1. The van der Waals surface area contributed by atoms with Crippen LogP contribution in [0.25, 0.3) is 0 Å².